The van der Waals surface area contributed by atoms with E-state index in [0.29, 0.717) is 28.1 Å². The van der Waals surface area contributed by atoms with Crippen LogP contribution >= 0.6 is 0 Å². The Kier molecular flexibility index (Phi) is 8.70. The molecule has 0 unspecified atom stereocenters. The molecule has 2 heterocycles. The highest BCUT2D eigenvalue weighted by atomic mass is 19.4. The van der Waals surface area contributed by atoms with Gasteiger partial charge in [0.2, 0.25) is 0 Å². The molecule has 10 rings (SSSR count). The Hall–Kier alpha value is -8.89. The Balaban J connectivity index is 1.31. The summed E-state index contributed by atoms with van der Waals surface area (Å²) in [5.74, 6) is 0. The van der Waals surface area contributed by atoms with Gasteiger partial charge < -0.3 is 9.13 Å². The van der Waals surface area contributed by atoms with Crippen LogP contribution in [0.4, 0.5) is 13.2 Å². The molecule has 0 atom stereocenters. The van der Waals surface area contributed by atoms with Gasteiger partial charge in [0.25, 0.3) is 0 Å². The van der Waals surface area contributed by atoms with Gasteiger partial charge in [-0.2, -0.15) is 34.2 Å². The number of hydrogen-bond donors (Lipinski definition) is 0. The quantitative estimate of drug-likeness (QED) is 0.173. The Morgan fingerprint density at radius 1 is 0.371 bits per heavy atom. The minimum Gasteiger partial charge on any atom is -0.308 e. The fraction of sp³-hybridized carbons (Fsp3) is 0.0189. The maximum Gasteiger partial charge on any atom is 0.416 e. The lowest BCUT2D eigenvalue weighted by atomic mass is 9.95. The molecule has 0 aliphatic heterocycles. The summed E-state index contributed by atoms with van der Waals surface area (Å²) < 4.78 is 46.0. The number of alkyl halides is 3. The number of hydrogen-bond acceptors (Lipinski definition) is 4. The highest BCUT2D eigenvalue weighted by Gasteiger charge is 2.32. The van der Waals surface area contributed by atoms with Gasteiger partial charge in [0.15, 0.2) is 0 Å². The molecule has 0 saturated carbocycles. The van der Waals surface area contributed by atoms with E-state index >= 15 is 0 Å². The van der Waals surface area contributed by atoms with Crippen molar-refractivity contribution in [3.63, 3.8) is 0 Å². The fourth-order valence-corrected chi connectivity index (χ4v) is 8.76. The van der Waals surface area contributed by atoms with Gasteiger partial charge in [0.1, 0.15) is 11.6 Å². The topological polar surface area (TPSA) is 105 Å². The predicted octanol–water partition coefficient (Wildman–Crippen LogP) is 13.4. The minimum absolute atomic E-state index is 0.174. The number of rotatable bonds is 5. The molecule has 9 heteroatoms. The summed E-state index contributed by atoms with van der Waals surface area (Å²) in [7, 11) is 0. The van der Waals surface area contributed by atoms with Crippen molar-refractivity contribution in [3.8, 4) is 69.0 Å². The number of para-hydroxylation sites is 2. The summed E-state index contributed by atoms with van der Waals surface area (Å²) in [6.45, 7) is 0. The largest absolute Gasteiger partial charge is 0.416 e. The number of aromatic nitrogens is 2. The molecule has 8 aromatic carbocycles. The number of nitriles is 4. The smallest absolute Gasteiger partial charge is 0.308 e. The van der Waals surface area contributed by atoms with Crippen molar-refractivity contribution in [3.05, 3.63) is 192 Å². The van der Waals surface area contributed by atoms with Gasteiger partial charge >= 0.3 is 6.18 Å². The lowest BCUT2D eigenvalue weighted by molar-refractivity contribution is -0.137. The van der Waals surface area contributed by atoms with Crippen molar-refractivity contribution in [2.45, 2.75) is 6.18 Å². The van der Waals surface area contributed by atoms with Crippen LogP contribution in [-0.2, 0) is 6.18 Å². The second kappa shape index (κ2) is 14.4. The predicted molar refractivity (Wildman–Crippen MR) is 235 cm³/mol. The molecule has 290 valence electrons. The summed E-state index contributed by atoms with van der Waals surface area (Å²) in [4.78, 5) is 0. The van der Waals surface area contributed by atoms with Crippen LogP contribution in [0.25, 0.3) is 88.4 Å². The van der Waals surface area contributed by atoms with E-state index in [1.807, 2.05) is 137 Å². The molecule has 0 aliphatic rings. The number of benzene rings is 8. The van der Waals surface area contributed by atoms with Crippen LogP contribution in [0.3, 0.4) is 0 Å². The van der Waals surface area contributed by atoms with Crippen LogP contribution in [0.15, 0.2) is 164 Å². The maximum atomic E-state index is 14.0. The number of fused-ring (bicyclic) bond motifs is 6. The molecule has 62 heavy (non-hydrogen) atoms. The van der Waals surface area contributed by atoms with Crippen molar-refractivity contribution >= 4 is 43.6 Å². The normalized spacial score (nSPS) is 11.4. The van der Waals surface area contributed by atoms with E-state index in [0.717, 1.165) is 78.0 Å². The van der Waals surface area contributed by atoms with Crippen molar-refractivity contribution in [1.82, 2.24) is 9.13 Å². The van der Waals surface area contributed by atoms with Crippen molar-refractivity contribution in [1.29, 1.82) is 21.0 Å². The third kappa shape index (κ3) is 5.85. The van der Waals surface area contributed by atoms with Crippen molar-refractivity contribution < 1.29 is 13.2 Å². The van der Waals surface area contributed by atoms with Crippen LogP contribution in [0.1, 0.15) is 27.8 Å². The Morgan fingerprint density at radius 3 is 1.27 bits per heavy atom. The molecular formula is C53H27F3N6. The van der Waals surface area contributed by atoms with E-state index in [4.69, 9.17) is 0 Å². The lowest BCUT2D eigenvalue weighted by Crippen LogP contribution is -2.07. The first-order chi connectivity index (χ1) is 30.2. The highest BCUT2D eigenvalue weighted by Crippen LogP contribution is 2.43. The Morgan fingerprint density at radius 2 is 0.806 bits per heavy atom. The first-order valence-corrected chi connectivity index (χ1v) is 19.5. The third-order valence-electron chi connectivity index (χ3n) is 11.5. The molecule has 0 radical (unpaired) electrons. The van der Waals surface area contributed by atoms with Crippen LogP contribution in [-0.4, -0.2) is 9.13 Å². The average molecular weight is 805 g/mol. The summed E-state index contributed by atoms with van der Waals surface area (Å²) in [6.07, 6.45) is -4.67. The summed E-state index contributed by atoms with van der Waals surface area (Å²) in [5, 5.41) is 45.0. The molecule has 0 amide bonds. The van der Waals surface area contributed by atoms with E-state index in [-0.39, 0.29) is 16.7 Å². The first kappa shape index (κ1) is 37.4. The molecule has 0 bridgehead atoms. The van der Waals surface area contributed by atoms with Gasteiger partial charge in [0, 0.05) is 21.5 Å². The van der Waals surface area contributed by atoms with Gasteiger partial charge in [0.05, 0.1) is 73.9 Å². The van der Waals surface area contributed by atoms with Crippen LogP contribution < -0.4 is 0 Å². The lowest BCUT2D eigenvalue weighted by Gasteiger charge is -2.19. The summed E-state index contributed by atoms with van der Waals surface area (Å²) in [5.41, 5.74) is 8.04. The van der Waals surface area contributed by atoms with Gasteiger partial charge in [-0.25, -0.2) is 0 Å². The number of halogens is 3. The average Bonchev–Trinajstić information content (AvgIpc) is 3.82. The standard InChI is InChI=1S/C53H27F3N6/c54-53(55,56)38-19-20-41(37(23-38)30-59)36-26-51(61-47-15-7-5-13-42(47)44-24-32(17-21-49(44)61)39-11-3-1-9-34(39)28-57)46(31-60)52(27-36)62-48-16-8-6-14-43(48)45-25-33(18-22-50(45)62)40-12-4-2-10-35(40)29-58/h1-27H. The van der Waals surface area contributed by atoms with E-state index in [2.05, 4.69) is 18.2 Å². The maximum absolute atomic E-state index is 14.0. The van der Waals surface area contributed by atoms with Crippen LogP contribution in [0, 0.1) is 45.3 Å². The first-order valence-electron chi connectivity index (χ1n) is 19.5. The van der Waals surface area contributed by atoms with Gasteiger partial charge in [-0.15, -0.1) is 0 Å². The molecule has 0 N–H and O–H groups in total. The second-order valence-corrected chi connectivity index (χ2v) is 14.9. The molecule has 0 fully saturated rings. The second-order valence-electron chi connectivity index (χ2n) is 14.9. The summed E-state index contributed by atoms with van der Waals surface area (Å²) in [6, 6.07) is 57.9. The number of nitrogens with zero attached hydrogens (tertiary/aromatic N) is 6. The van der Waals surface area contributed by atoms with Crippen LogP contribution in [0.5, 0.6) is 0 Å². The van der Waals surface area contributed by atoms with Crippen molar-refractivity contribution in [2.75, 3.05) is 0 Å². The Labute approximate surface area is 352 Å². The van der Waals surface area contributed by atoms with E-state index in [1.54, 1.807) is 24.3 Å². The van der Waals surface area contributed by atoms with Crippen molar-refractivity contribution in [2.24, 2.45) is 0 Å². The van der Waals surface area contributed by atoms with Gasteiger partial charge in [-0.1, -0.05) is 91.0 Å². The molecule has 0 aliphatic carbocycles. The van der Waals surface area contributed by atoms with E-state index in [9.17, 15) is 34.2 Å². The minimum atomic E-state index is -4.67. The van der Waals surface area contributed by atoms with E-state index < -0.39 is 11.7 Å². The molecule has 0 spiro atoms. The van der Waals surface area contributed by atoms with E-state index in [1.165, 1.54) is 6.07 Å². The molecule has 10 aromatic rings. The zero-order chi connectivity index (χ0) is 42.7. The van der Waals surface area contributed by atoms with Crippen LogP contribution in [0.2, 0.25) is 0 Å². The Bertz CT molecular complexity index is 3500. The summed E-state index contributed by atoms with van der Waals surface area (Å²) >= 11 is 0. The third-order valence-corrected chi connectivity index (χ3v) is 11.5. The molecule has 2 aromatic heterocycles. The molecular weight excluding hydrogens is 778 g/mol. The van der Waals surface area contributed by atoms with Gasteiger partial charge in [-0.3, -0.25) is 0 Å². The fourth-order valence-electron chi connectivity index (χ4n) is 8.76. The molecule has 6 nitrogen and oxygen atoms in total. The zero-order valence-electron chi connectivity index (χ0n) is 32.4. The SMILES string of the molecule is N#Cc1ccccc1-c1ccc2c(c1)c1ccccc1n2-c1cc(-c2ccc(C(F)(F)F)cc2C#N)cc(-n2c3ccccc3c3cc(-c4ccccc4C#N)ccc32)c1C#N. The zero-order valence-corrected chi connectivity index (χ0v) is 32.4. The molecule has 0 saturated heterocycles. The van der Waals surface area contributed by atoms with Gasteiger partial charge in [-0.05, 0) is 106 Å². The highest BCUT2D eigenvalue weighted by molar-refractivity contribution is 6.12. The monoisotopic (exact) mass is 804 g/mol.